The minimum atomic E-state index is -0.761. The van der Waals surface area contributed by atoms with Crippen molar-refractivity contribution in [2.75, 3.05) is 11.9 Å². The van der Waals surface area contributed by atoms with Crippen LogP contribution in [0.2, 0.25) is 0 Å². The number of carbonyl (C=O) groups excluding carboxylic acids is 1. The van der Waals surface area contributed by atoms with E-state index in [9.17, 15) is 4.79 Å². The van der Waals surface area contributed by atoms with E-state index in [1.54, 1.807) is 29.1 Å². The van der Waals surface area contributed by atoms with E-state index in [0.717, 1.165) is 5.69 Å². The Labute approximate surface area is 169 Å². The maximum Gasteiger partial charge on any atom is 0.270 e. The molecule has 0 fully saturated rings. The summed E-state index contributed by atoms with van der Waals surface area (Å²) in [5.74, 6) is 2.05. The molecule has 1 amide bonds. The third kappa shape index (κ3) is 3.36. The Balaban J connectivity index is 1.37. The molecule has 5 rings (SSSR count). The number of furan rings is 1. The summed E-state index contributed by atoms with van der Waals surface area (Å²) < 4.78 is 18.4. The highest BCUT2D eigenvalue weighted by Crippen LogP contribution is 2.31. The van der Waals surface area contributed by atoms with Crippen LogP contribution in [0.3, 0.4) is 0 Å². The highest BCUT2D eigenvalue weighted by atomic mass is 32.1. The molecule has 3 aromatic heterocycles. The zero-order valence-electron chi connectivity index (χ0n) is 15.4. The molecule has 8 nitrogen and oxygen atoms in total. The van der Waals surface area contributed by atoms with Crippen molar-refractivity contribution in [2.45, 2.75) is 13.0 Å². The van der Waals surface area contributed by atoms with Crippen LogP contribution in [0.5, 0.6) is 11.5 Å². The number of anilines is 1. The van der Waals surface area contributed by atoms with Gasteiger partial charge in [-0.2, -0.15) is 9.78 Å². The second-order valence-corrected chi connectivity index (χ2v) is 7.27. The molecule has 1 atom stereocenters. The largest absolute Gasteiger partial charge is 0.485 e. The van der Waals surface area contributed by atoms with Gasteiger partial charge in [0.15, 0.2) is 17.3 Å². The summed E-state index contributed by atoms with van der Waals surface area (Å²) in [5, 5.41) is 9.83. The first-order valence-electron chi connectivity index (χ1n) is 8.93. The van der Waals surface area contributed by atoms with E-state index in [1.165, 1.54) is 11.3 Å². The molecule has 1 aromatic carbocycles. The maximum atomic E-state index is 12.8. The fraction of sp³-hybridized carbons (Fsp3) is 0.150. The number of thiazole rings is 1. The number of aryl methyl sites for hydroxylation is 1. The van der Waals surface area contributed by atoms with Crippen molar-refractivity contribution in [2.24, 2.45) is 0 Å². The van der Waals surface area contributed by atoms with E-state index in [1.807, 2.05) is 36.6 Å². The van der Waals surface area contributed by atoms with Crippen LogP contribution in [0.1, 0.15) is 5.69 Å². The topological polar surface area (TPSA) is 91.4 Å². The monoisotopic (exact) mass is 408 g/mol. The van der Waals surface area contributed by atoms with Crippen LogP contribution in [0, 0.1) is 6.92 Å². The first-order valence-corrected chi connectivity index (χ1v) is 9.81. The number of benzene rings is 1. The van der Waals surface area contributed by atoms with Crippen molar-refractivity contribution in [3.05, 3.63) is 59.8 Å². The van der Waals surface area contributed by atoms with Gasteiger partial charge in [-0.3, -0.25) is 4.79 Å². The smallest absolute Gasteiger partial charge is 0.270 e. The Morgan fingerprint density at radius 1 is 1.24 bits per heavy atom. The van der Waals surface area contributed by atoms with Crippen LogP contribution in [0.4, 0.5) is 5.82 Å². The van der Waals surface area contributed by atoms with Crippen molar-refractivity contribution in [1.29, 1.82) is 0 Å². The van der Waals surface area contributed by atoms with Gasteiger partial charge in [0.05, 0.1) is 12.0 Å². The summed E-state index contributed by atoms with van der Waals surface area (Å²) in [6.07, 6.45) is 0.839. The quantitative estimate of drug-likeness (QED) is 0.554. The second-order valence-electron chi connectivity index (χ2n) is 6.43. The lowest BCUT2D eigenvalue weighted by Gasteiger charge is -2.25. The number of nitrogens with zero attached hydrogens (tertiary/aromatic N) is 3. The number of fused-ring (bicyclic) bond motifs is 1. The van der Waals surface area contributed by atoms with E-state index in [0.29, 0.717) is 33.9 Å². The molecule has 0 saturated heterocycles. The highest BCUT2D eigenvalue weighted by Gasteiger charge is 2.28. The number of nitrogens with one attached hydrogen (secondary N) is 1. The molecule has 0 spiro atoms. The average molecular weight is 408 g/mol. The van der Waals surface area contributed by atoms with Gasteiger partial charge in [-0.15, -0.1) is 11.3 Å². The van der Waals surface area contributed by atoms with Crippen LogP contribution >= 0.6 is 11.3 Å². The van der Waals surface area contributed by atoms with Crippen molar-refractivity contribution >= 4 is 23.1 Å². The lowest BCUT2D eigenvalue weighted by Crippen LogP contribution is -2.40. The van der Waals surface area contributed by atoms with E-state index >= 15 is 0 Å². The van der Waals surface area contributed by atoms with Gasteiger partial charge in [0.1, 0.15) is 18.1 Å². The zero-order chi connectivity index (χ0) is 19.8. The molecule has 0 bridgehead atoms. The van der Waals surface area contributed by atoms with Gasteiger partial charge in [0, 0.05) is 11.4 Å². The molecule has 1 N–H and O–H groups in total. The van der Waals surface area contributed by atoms with Crippen LogP contribution in [-0.2, 0) is 4.79 Å². The number of hydrogen-bond acceptors (Lipinski definition) is 7. The molecular formula is C20H16N4O4S. The Kier molecular flexibility index (Phi) is 4.28. The summed E-state index contributed by atoms with van der Waals surface area (Å²) in [7, 11) is 0. The first-order chi connectivity index (χ1) is 14.2. The molecule has 1 aliphatic rings. The zero-order valence-corrected chi connectivity index (χ0v) is 16.2. The minimum absolute atomic E-state index is 0.135. The molecular weight excluding hydrogens is 392 g/mol. The van der Waals surface area contributed by atoms with Crippen LogP contribution in [-0.4, -0.2) is 33.4 Å². The Morgan fingerprint density at radius 2 is 2.10 bits per heavy atom. The number of rotatable bonds is 4. The van der Waals surface area contributed by atoms with Gasteiger partial charge in [-0.05, 0) is 31.2 Å². The summed E-state index contributed by atoms with van der Waals surface area (Å²) in [6.45, 7) is 1.99. The van der Waals surface area contributed by atoms with E-state index in [2.05, 4.69) is 15.4 Å². The number of para-hydroxylation sites is 2. The molecule has 4 heterocycles. The Morgan fingerprint density at radius 3 is 2.93 bits per heavy atom. The summed E-state index contributed by atoms with van der Waals surface area (Å²) >= 11 is 1.40. The minimum Gasteiger partial charge on any atom is -0.485 e. The fourth-order valence-corrected chi connectivity index (χ4v) is 3.76. The highest BCUT2D eigenvalue weighted by molar-refractivity contribution is 7.12. The van der Waals surface area contributed by atoms with Crippen molar-refractivity contribution < 1.29 is 18.7 Å². The molecule has 0 aliphatic carbocycles. The molecule has 4 aromatic rings. The molecule has 9 heteroatoms. The predicted molar refractivity (Wildman–Crippen MR) is 107 cm³/mol. The third-order valence-corrected chi connectivity index (χ3v) is 5.15. The van der Waals surface area contributed by atoms with Crippen LogP contribution < -0.4 is 14.8 Å². The number of hydrogen-bond donors (Lipinski definition) is 1. The average Bonchev–Trinajstić information content (AvgIpc) is 3.48. The molecule has 0 radical (unpaired) electrons. The van der Waals surface area contributed by atoms with Crippen molar-refractivity contribution in [3.8, 4) is 28.1 Å². The molecule has 146 valence electrons. The van der Waals surface area contributed by atoms with Gasteiger partial charge in [-0.25, -0.2) is 4.98 Å². The summed E-state index contributed by atoms with van der Waals surface area (Å²) in [5.41, 5.74) is 1.46. The van der Waals surface area contributed by atoms with Gasteiger partial charge in [0.25, 0.3) is 5.91 Å². The predicted octanol–water partition coefficient (Wildman–Crippen LogP) is 3.68. The number of amides is 1. The van der Waals surface area contributed by atoms with E-state index in [-0.39, 0.29) is 12.5 Å². The number of ether oxygens (including phenoxy) is 2. The normalized spacial score (nSPS) is 15.3. The maximum absolute atomic E-state index is 12.8. The number of aromatic nitrogens is 3. The summed E-state index contributed by atoms with van der Waals surface area (Å²) in [4.78, 5) is 17.3. The SMILES string of the molecule is Cc1cc(NC(=O)C2COc3ccccc3O2)n(-c2nc(-c3ccco3)cs2)n1. The Hall–Kier alpha value is -3.59. The van der Waals surface area contributed by atoms with E-state index < -0.39 is 6.10 Å². The van der Waals surface area contributed by atoms with Crippen molar-refractivity contribution in [1.82, 2.24) is 14.8 Å². The molecule has 1 unspecified atom stereocenters. The van der Waals surface area contributed by atoms with Gasteiger partial charge >= 0.3 is 0 Å². The summed E-state index contributed by atoms with van der Waals surface area (Å²) in [6, 6.07) is 12.7. The van der Waals surface area contributed by atoms with Crippen molar-refractivity contribution in [3.63, 3.8) is 0 Å². The van der Waals surface area contributed by atoms with Crippen LogP contribution in [0.25, 0.3) is 16.6 Å². The van der Waals surface area contributed by atoms with Gasteiger partial charge < -0.3 is 19.2 Å². The van der Waals surface area contributed by atoms with Gasteiger partial charge in [0.2, 0.25) is 11.2 Å². The second kappa shape index (κ2) is 7.10. The first kappa shape index (κ1) is 17.5. The number of carbonyl (C=O) groups is 1. The molecule has 1 aliphatic heterocycles. The lowest BCUT2D eigenvalue weighted by molar-refractivity contribution is -0.125. The molecule has 0 saturated carbocycles. The molecule has 29 heavy (non-hydrogen) atoms. The standard InChI is InChI=1S/C20H16N4O4S/c1-12-9-18(22-19(25)17-10-27-15-5-2-3-6-16(15)28-17)24(23-12)20-21-13(11-29-20)14-7-4-8-26-14/h2-9,11,17H,10H2,1H3,(H,22,25). The lowest BCUT2D eigenvalue weighted by atomic mass is 10.2. The Bertz CT molecular complexity index is 1170. The van der Waals surface area contributed by atoms with Crippen LogP contribution in [0.15, 0.2) is 58.5 Å². The third-order valence-electron chi connectivity index (χ3n) is 4.33. The van der Waals surface area contributed by atoms with E-state index in [4.69, 9.17) is 13.9 Å². The van der Waals surface area contributed by atoms with Gasteiger partial charge in [-0.1, -0.05) is 12.1 Å². The fourth-order valence-electron chi connectivity index (χ4n) is 2.99.